The molecule has 4 nitrogen and oxygen atoms in total. The minimum Gasteiger partial charge on any atom is -0.432 e. The van der Waals surface area contributed by atoms with Crippen LogP contribution in [0.15, 0.2) is 0 Å². The summed E-state index contributed by atoms with van der Waals surface area (Å²) in [5, 5.41) is 7.81. The van der Waals surface area contributed by atoms with Crippen LogP contribution in [0.25, 0.3) is 0 Å². The average molecular weight is 176 g/mol. The van der Waals surface area contributed by atoms with Crippen molar-refractivity contribution in [3.05, 3.63) is 0 Å². The summed E-state index contributed by atoms with van der Waals surface area (Å²) in [4.78, 5) is 13.6. The van der Waals surface area contributed by atoms with Gasteiger partial charge in [0.05, 0.1) is 6.61 Å². The molecule has 0 aromatic rings. The molecular weight excluding hydrogens is 160 g/mol. The van der Waals surface area contributed by atoms with E-state index in [0.29, 0.717) is 12.5 Å². The SMILES string of the molecule is CCC(C)CCCOC(=O)OO. The molecule has 4 heteroatoms. The maximum absolute atomic E-state index is 10.2. The van der Waals surface area contributed by atoms with Crippen molar-refractivity contribution in [3.63, 3.8) is 0 Å². The van der Waals surface area contributed by atoms with Gasteiger partial charge in [0.2, 0.25) is 0 Å². The average Bonchev–Trinajstić information content (AvgIpc) is 2.11. The summed E-state index contributed by atoms with van der Waals surface area (Å²) >= 11 is 0. The zero-order valence-electron chi connectivity index (χ0n) is 7.58. The van der Waals surface area contributed by atoms with Gasteiger partial charge in [-0.2, -0.15) is 5.26 Å². The van der Waals surface area contributed by atoms with Crippen LogP contribution in [-0.2, 0) is 9.62 Å². The molecule has 0 aromatic carbocycles. The predicted octanol–water partition coefficient (Wildman–Crippen LogP) is 2.44. The highest BCUT2D eigenvalue weighted by molar-refractivity contribution is 5.58. The fourth-order valence-electron chi connectivity index (χ4n) is 0.818. The molecule has 0 heterocycles. The van der Waals surface area contributed by atoms with E-state index in [1.54, 1.807) is 0 Å². The first kappa shape index (κ1) is 11.2. The van der Waals surface area contributed by atoms with E-state index in [-0.39, 0.29) is 0 Å². The number of ether oxygens (including phenoxy) is 1. The van der Waals surface area contributed by atoms with Gasteiger partial charge in [-0.15, -0.1) is 0 Å². The molecule has 0 spiro atoms. The summed E-state index contributed by atoms with van der Waals surface area (Å²) in [5.74, 6) is 0.652. The molecule has 0 aliphatic rings. The number of rotatable bonds is 5. The molecule has 72 valence electrons. The second kappa shape index (κ2) is 6.91. The molecule has 0 radical (unpaired) electrons. The lowest BCUT2D eigenvalue weighted by molar-refractivity contribution is -0.200. The maximum Gasteiger partial charge on any atom is 0.540 e. The highest BCUT2D eigenvalue weighted by atomic mass is 17.1. The van der Waals surface area contributed by atoms with E-state index in [0.717, 1.165) is 19.3 Å². The van der Waals surface area contributed by atoms with E-state index in [1.165, 1.54) is 0 Å². The van der Waals surface area contributed by atoms with E-state index in [2.05, 4.69) is 23.5 Å². The first-order chi connectivity index (χ1) is 5.70. The second-order valence-corrected chi connectivity index (χ2v) is 2.85. The Kier molecular flexibility index (Phi) is 6.47. The minimum absolute atomic E-state index is 0.309. The summed E-state index contributed by atoms with van der Waals surface area (Å²) in [7, 11) is 0. The number of hydrogen-bond donors (Lipinski definition) is 1. The highest BCUT2D eigenvalue weighted by Crippen LogP contribution is 2.08. The van der Waals surface area contributed by atoms with Crippen molar-refractivity contribution < 1.29 is 19.7 Å². The van der Waals surface area contributed by atoms with E-state index in [4.69, 9.17) is 5.26 Å². The zero-order valence-corrected chi connectivity index (χ0v) is 7.58. The molecule has 0 fully saturated rings. The van der Waals surface area contributed by atoms with Crippen molar-refractivity contribution in [1.82, 2.24) is 0 Å². The topological polar surface area (TPSA) is 55.8 Å². The van der Waals surface area contributed by atoms with Gasteiger partial charge in [0, 0.05) is 0 Å². The molecule has 0 aliphatic carbocycles. The first-order valence-electron chi connectivity index (χ1n) is 4.18. The van der Waals surface area contributed by atoms with Crippen molar-refractivity contribution in [3.8, 4) is 0 Å². The fraction of sp³-hybridized carbons (Fsp3) is 0.875. The Labute approximate surface area is 72.4 Å². The predicted molar refractivity (Wildman–Crippen MR) is 43.8 cm³/mol. The first-order valence-corrected chi connectivity index (χ1v) is 4.18. The largest absolute Gasteiger partial charge is 0.540 e. The smallest absolute Gasteiger partial charge is 0.432 e. The molecular formula is C8H16O4. The van der Waals surface area contributed by atoms with Gasteiger partial charge in [-0.05, 0) is 18.8 Å². The van der Waals surface area contributed by atoms with Crippen LogP contribution < -0.4 is 0 Å². The van der Waals surface area contributed by atoms with Crippen LogP contribution in [0.1, 0.15) is 33.1 Å². The van der Waals surface area contributed by atoms with Gasteiger partial charge in [-0.1, -0.05) is 20.3 Å². The molecule has 0 saturated carbocycles. The molecule has 12 heavy (non-hydrogen) atoms. The van der Waals surface area contributed by atoms with Crippen LogP contribution in [0, 0.1) is 5.92 Å². The van der Waals surface area contributed by atoms with Crippen LogP contribution >= 0.6 is 0 Å². The van der Waals surface area contributed by atoms with Crippen LogP contribution in [0.3, 0.4) is 0 Å². The summed E-state index contributed by atoms with van der Waals surface area (Å²) in [6.07, 6.45) is 1.93. The van der Waals surface area contributed by atoms with E-state index >= 15 is 0 Å². The van der Waals surface area contributed by atoms with E-state index in [9.17, 15) is 4.79 Å². The summed E-state index contributed by atoms with van der Waals surface area (Å²) in [6, 6.07) is 0. The molecule has 0 rings (SSSR count). The molecule has 1 unspecified atom stereocenters. The van der Waals surface area contributed by atoms with Gasteiger partial charge < -0.3 is 4.74 Å². The maximum atomic E-state index is 10.2. The lowest BCUT2D eigenvalue weighted by Crippen LogP contribution is -2.06. The third kappa shape index (κ3) is 5.97. The molecule has 0 bridgehead atoms. The fourth-order valence-corrected chi connectivity index (χ4v) is 0.818. The quantitative estimate of drug-likeness (QED) is 0.302. The van der Waals surface area contributed by atoms with Crippen LogP contribution in [0.2, 0.25) is 0 Å². The Balaban J connectivity index is 3.15. The summed E-state index contributed by atoms with van der Waals surface area (Å²) in [5.41, 5.74) is 0. The van der Waals surface area contributed by atoms with Crippen molar-refractivity contribution >= 4 is 6.16 Å². The van der Waals surface area contributed by atoms with Gasteiger partial charge in [0.15, 0.2) is 0 Å². The molecule has 0 aliphatic heterocycles. The van der Waals surface area contributed by atoms with Crippen molar-refractivity contribution in [2.45, 2.75) is 33.1 Å². The molecule has 0 amide bonds. The van der Waals surface area contributed by atoms with Gasteiger partial charge >= 0.3 is 6.16 Å². The third-order valence-electron chi connectivity index (χ3n) is 1.83. The van der Waals surface area contributed by atoms with Gasteiger partial charge in [-0.3, -0.25) is 4.89 Å². The normalized spacial score (nSPS) is 12.2. The van der Waals surface area contributed by atoms with Gasteiger partial charge in [0.1, 0.15) is 0 Å². The van der Waals surface area contributed by atoms with Crippen LogP contribution in [0.5, 0.6) is 0 Å². The minimum atomic E-state index is -1.03. The van der Waals surface area contributed by atoms with Crippen molar-refractivity contribution in [2.75, 3.05) is 6.61 Å². The van der Waals surface area contributed by atoms with Crippen molar-refractivity contribution in [2.24, 2.45) is 5.92 Å². The number of hydrogen-bond acceptors (Lipinski definition) is 4. The van der Waals surface area contributed by atoms with Crippen molar-refractivity contribution in [1.29, 1.82) is 0 Å². The Morgan fingerprint density at radius 3 is 2.75 bits per heavy atom. The monoisotopic (exact) mass is 176 g/mol. The lowest BCUT2D eigenvalue weighted by Gasteiger charge is -2.06. The lowest BCUT2D eigenvalue weighted by atomic mass is 10.0. The Hall–Kier alpha value is -0.770. The number of carbonyl (C=O) groups is 1. The second-order valence-electron chi connectivity index (χ2n) is 2.85. The summed E-state index contributed by atoms with van der Waals surface area (Å²) < 4.78 is 4.47. The Morgan fingerprint density at radius 2 is 2.25 bits per heavy atom. The number of carbonyl (C=O) groups excluding carboxylic acids is 1. The van der Waals surface area contributed by atoms with E-state index < -0.39 is 6.16 Å². The van der Waals surface area contributed by atoms with Gasteiger partial charge in [0.25, 0.3) is 0 Å². The molecule has 1 atom stereocenters. The molecule has 0 saturated heterocycles. The standard InChI is InChI=1S/C8H16O4/c1-3-7(2)5-4-6-11-8(9)12-10/h7,10H,3-6H2,1-2H3. The third-order valence-corrected chi connectivity index (χ3v) is 1.83. The molecule has 0 aromatic heterocycles. The highest BCUT2D eigenvalue weighted by Gasteiger charge is 2.02. The van der Waals surface area contributed by atoms with Crippen LogP contribution in [0.4, 0.5) is 4.79 Å². The Morgan fingerprint density at radius 1 is 1.58 bits per heavy atom. The Bertz CT molecular complexity index is 124. The van der Waals surface area contributed by atoms with Gasteiger partial charge in [-0.25, -0.2) is 4.79 Å². The zero-order chi connectivity index (χ0) is 9.40. The van der Waals surface area contributed by atoms with E-state index in [1.807, 2.05) is 0 Å². The van der Waals surface area contributed by atoms with Crippen LogP contribution in [-0.4, -0.2) is 18.0 Å². The summed E-state index contributed by atoms with van der Waals surface area (Å²) in [6.45, 7) is 4.57. The molecule has 1 N–H and O–H groups in total.